The largest absolute Gasteiger partial charge is 0.464 e. The molecule has 0 aliphatic heterocycles. The van der Waals surface area contributed by atoms with E-state index in [1.807, 2.05) is 30.3 Å². The molecular formula is C22H20FNO3. The number of aromatic nitrogens is 1. The molecule has 0 N–H and O–H groups in total. The fraction of sp³-hybridized carbons (Fsp3) is 0.227. The molecule has 0 spiro atoms. The lowest BCUT2D eigenvalue weighted by atomic mass is 9.86. The highest BCUT2D eigenvalue weighted by Gasteiger charge is 2.30. The van der Waals surface area contributed by atoms with Gasteiger partial charge in [-0.1, -0.05) is 42.5 Å². The predicted octanol–water partition coefficient (Wildman–Crippen LogP) is 4.49. The third kappa shape index (κ3) is 4.37. The lowest BCUT2D eigenvalue weighted by Crippen LogP contribution is -2.25. The second-order valence-electron chi connectivity index (χ2n) is 6.22. The number of hydrogen-bond acceptors (Lipinski definition) is 4. The summed E-state index contributed by atoms with van der Waals surface area (Å²) in [4.78, 5) is 28.9. The third-order valence-corrected chi connectivity index (χ3v) is 4.42. The first-order valence-corrected chi connectivity index (χ1v) is 8.83. The molecular weight excluding hydrogens is 345 g/mol. The third-order valence-electron chi connectivity index (χ3n) is 4.42. The maximum atomic E-state index is 14.4. The molecule has 0 fully saturated rings. The van der Waals surface area contributed by atoms with E-state index in [1.165, 1.54) is 6.20 Å². The molecule has 138 valence electrons. The van der Waals surface area contributed by atoms with E-state index in [1.54, 1.807) is 37.4 Å². The van der Waals surface area contributed by atoms with Gasteiger partial charge in [-0.15, -0.1) is 0 Å². The number of nitrogens with zero attached hydrogens (tertiary/aromatic N) is 1. The van der Waals surface area contributed by atoms with Crippen molar-refractivity contribution in [2.24, 2.45) is 0 Å². The summed E-state index contributed by atoms with van der Waals surface area (Å²) in [6.45, 7) is 1.71. The van der Waals surface area contributed by atoms with Crippen LogP contribution in [0.1, 0.15) is 35.2 Å². The molecule has 0 saturated carbocycles. The number of Topliss-reactive ketones (excluding diaryl/α,β-unsaturated/α-hetero) is 1. The van der Waals surface area contributed by atoms with Gasteiger partial charge >= 0.3 is 5.97 Å². The normalized spacial score (nSPS) is 13.1. The molecule has 3 rings (SSSR count). The van der Waals surface area contributed by atoms with Gasteiger partial charge in [-0.25, -0.2) is 9.18 Å². The molecule has 1 heterocycles. The van der Waals surface area contributed by atoms with E-state index in [9.17, 15) is 14.0 Å². The number of carbonyl (C=O) groups excluding carboxylic acids is 2. The van der Waals surface area contributed by atoms with Crippen molar-refractivity contribution in [3.05, 3.63) is 78.1 Å². The summed E-state index contributed by atoms with van der Waals surface area (Å²) in [5.74, 6) is -2.02. The van der Waals surface area contributed by atoms with Gasteiger partial charge in [0, 0.05) is 24.4 Å². The van der Waals surface area contributed by atoms with Gasteiger partial charge in [-0.3, -0.25) is 9.78 Å². The fourth-order valence-electron chi connectivity index (χ4n) is 3.06. The highest BCUT2D eigenvalue weighted by molar-refractivity contribution is 6.04. The number of fused-ring (bicyclic) bond motifs is 1. The van der Waals surface area contributed by atoms with Crippen molar-refractivity contribution in [1.29, 1.82) is 0 Å². The van der Waals surface area contributed by atoms with E-state index in [0.717, 1.165) is 10.8 Å². The monoisotopic (exact) mass is 365 g/mol. The van der Waals surface area contributed by atoms with Crippen molar-refractivity contribution in [3.8, 4) is 0 Å². The number of pyridine rings is 1. The average molecular weight is 365 g/mol. The van der Waals surface area contributed by atoms with Crippen LogP contribution in [0.25, 0.3) is 10.8 Å². The van der Waals surface area contributed by atoms with Crippen LogP contribution in [0, 0.1) is 0 Å². The summed E-state index contributed by atoms with van der Waals surface area (Å²) in [6.07, 6.45) is 0.955. The van der Waals surface area contributed by atoms with Crippen LogP contribution in [0.3, 0.4) is 0 Å². The zero-order valence-corrected chi connectivity index (χ0v) is 15.0. The first-order chi connectivity index (χ1) is 13.1. The molecule has 0 saturated heterocycles. The maximum absolute atomic E-state index is 14.4. The van der Waals surface area contributed by atoms with Gasteiger partial charge in [0.25, 0.3) is 0 Å². The number of benzene rings is 2. The van der Waals surface area contributed by atoms with Crippen LogP contribution in [-0.4, -0.2) is 29.5 Å². The second kappa shape index (κ2) is 8.54. The molecule has 0 bridgehead atoms. The Balaban J connectivity index is 1.93. The van der Waals surface area contributed by atoms with E-state index in [0.29, 0.717) is 11.1 Å². The predicted molar refractivity (Wildman–Crippen MR) is 101 cm³/mol. The van der Waals surface area contributed by atoms with Crippen LogP contribution in [0.2, 0.25) is 0 Å². The summed E-state index contributed by atoms with van der Waals surface area (Å²) in [5, 5.41) is 1.94. The quantitative estimate of drug-likeness (QED) is 0.457. The molecule has 0 aliphatic rings. The summed E-state index contributed by atoms with van der Waals surface area (Å²) in [7, 11) is 0. The van der Waals surface area contributed by atoms with Gasteiger partial charge in [-0.2, -0.15) is 0 Å². The van der Waals surface area contributed by atoms with Crippen molar-refractivity contribution in [2.75, 3.05) is 6.61 Å². The number of rotatable bonds is 7. The van der Waals surface area contributed by atoms with E-state index >= 15 is 0 Å². The number of hydrogen-bond donors (Lipinski definition) is 0. The SMILES string of the molecule is CCOC(=O)[C@@H](F)CC(C(=O)c1ccc2ccccc2c1)c1cccnc1. The summed E-state index contributed by atoms with van der Waals surface area (Å²) in [5.41, 5.74) is 1.04. The number of esters is 1. The molecule has 0 aliphatic carbocycles. The van der Waals surface area contributed by atoms with Crippen molar-refractivity contribution < 1.29 is 18.7 Å². The van der Waals surface area contributed by atoms with Gasteiger partial charge in [0.15, 0.2) is 12.0 Å². The Morgan fingerprint density at radius 1 is 1.07 bits per heavy atom. The van der Waals surface area contributed by atoms with Crippen LogP contribution in [0.5, 0.6) is 0 Å². The number of alkyl halides is 1. The van der Waals surface area contributed by atoms with Gasteiger partial charge in [0.2, 0.25) is 0 Å². The topological polar surface area (TPSA) is 56.3 Å². The molecule has 1 unspecified atom stereocenters. The standard InChI is InChI=1S/C22H20FNO3/c1-2-27-22(26)20(23)13-19(18-8-5-11-24-14-18)21(25)17-10-9-15-6-3-4-7-16(15)12-17/h3-12,14,19-20H,2,13H2,1H3/t19?,20-/m0/s1. The van der Waals surface area contributed by atoms with Crippen molar-refractivity contribution in [3.63, 3.8) is 0 Å². The highest BCUT2D eigenvalue weighted by atomic mass is 19.1. The molecule has 5 heteroatoms. The van der Waals surface area contributed by atoms with Gasteiger partial charge in [0.05, 0.1) is 12.5 Å². The Hall–Kier alpha value is -3.08. The van der Waals surface area contributed by atoms with Crippen LogP contribution in [0.15, 0.2) is 67.0 Å². The molecule has 2 aromatic carbocycles. The number of halogens is 1. The first kappa shape index (κ1) is 18.7. The van der Waals surface area contributed by atoms with Crippen molar-refractivity contribution in [2.45, 2.75) is 25.4 Å². The van der Waals surface area contributed by atoms with E-state index in [2.05, 4.69) is 4.98 Å². The highest BCUT2D eigenvalue weighted by Crippen LogP contribution is 2.28. The minimum absolute atomic E-state index is 0.0927. The Labute approximate surface area is 157 Å². The van der Waals surface area contributed by atoms with Gasteiger partial charge in [0.1, 0.15) is 0 Å². The Bertz CT molecular complexity index is 942. The Morgan fingerprint density at radius 2 is 1.85 bits per heavy atom. The lowest BCUT2D eigenvalue weighted by molar-refractivity contribution is -0.149. The molecule has 27 heavy (non-hydrogen) atoms. The Kier molecular flexibility index (Phi) is 5.91. The van der Waals surface area contributed by atoms with Crippen molar-refractivity contribution >= 4 is 22.5 Å². The van der Waals surface area contributed by atoms with E-state index in [-0.39, 0.29) is 18.8 Å². The van der Waals surface area contributed by atoms with E-state index < -0.39 is 18.1 Å². The number of carbonyl (C=O) groups is 2. The fourth-order valence-corrected chi connectivity index (χ4v) is 3.06. The minimum Gasteiger partial charge on any atom is -0.464 e. The Morgan fingerprint density at radius 3 is 2.56 bits per heavy atom. The molecule has 4 nitrogen and oxygen atoms in total. The zero-order valence-electron chi connectivity index (χ0n) is 15.0. The summed E-state index contributed by atoms with van der Waals surface area (Å²) < 4.78 is 19.1. The van der Waals surface area contributed by atoms with Crippen LogP contribution >= 0.6 is 0 Å². The van der Waals surface area contributed by atoms with Gasteiger partial charge < -0.3 is 4.74 Å². The van der Waals surface area contributed by atoms with Gasteiger partial charge in [-0.05, 0) is 35.4 Å². The number of ether oxygens (including phenoxy) is 1. The minimum atomic E-state index is -1.88. The van der Waals surface area contributed by atoms with E-state index in [4.69, 9.17) is 4.74 Å². The molecule has 3 aromatic rings. The number of ketones is 1. The zero-order chi connectivity index (χ0) is 19.2. The summed E-state index contributed by atoms with van der Waals surface area (Å²) >= 11 is 0. The smallest absolute Gasteiger partial charge is 0.340 e. The molecule has 2 atom stereocenters. The second-order valence-corrected chi connectivity index (χ2v) is 6.22. The van der Waals surface area contributed by atoms with Crippen LogP contribution < -0.4 is 0 Å². The molecule has 0 radical (unpaired) electrons. The lowest BCUT2D eigenvalue weighted by Gasteiger charge is -2.18. The van der Waals surface area contributed by atoms with Crippen LogP contribution in [-0.2, 0) is 9.53 Å². The average Bonchev–Trinajstić information content (AvgIpc) is 2.71. The molecule has 0 amide bonds. The first-order valence-electron chi connectivity index (χ1n) is 8.83. The maximum Gasteiger partial charge on any atom is 0.340 e. The van der Waals surface area contributed by atoms with Crippen molar-refractivity contribution in [1.82, 2.24) is 4.98 Å². The van der Waals surface area contributed by atoms with Crippen LogP contribution in [0.4, 0.5) is 4.39 Å². The molecule has 1 aromatic heterocycles. The summed E-state index contributed by atoms with van der Waals surface area (Å²) in [6, 6.07) is 16.5.